The van der Waals surface area contributed by atoms with E-state index in [1.165, 1.54) is 12.1 Å². The number of nitrogens with zero attached hydrogens (tertiary/aromatic N) is 2. The normalized spacial score (nSPS) is 8.54. The average Bonchev–Trinajstić information content (AvgIpc) is 2.15. The molecule has 0 bridgehead atoms. The lowest BCUT2D eigenvalue weighted by Gasteiger charge is -2.03. The molecule has 0 saturated heterocycles. The molecule has 0 aliphatic carbocycles. The second kappa shape index (κ2) is 4.08. The van der Waals surface area contributed by atoms with Crippen LogP contribution in [0.1, 0.15) is 5.56 Å². The molecule has 3 nitrogen and oxygen atoms in total. The van der Waals surface area contributed by atoms with Gasteiger partial charge in [-0.05, 0) is 12.1 Å². The number of ether oxygens (including phenoxy) is 1. The zero-order chi connectivity index (χ0) is 9.68. The minimum Gasteiger partial charge on any atom is -0.477 e. The third kappa shape index (κ3) is 1.94. The molecule has 0 N–H and O–H groups in total. The third-order valence-electron chi connectivity index (χ3n) is 1.38. The molecule has 0 amide bonds. The maximum Gasteiger partial charge on any atom is 0.174 e. The second-order valence-electron chi connectivity index (χ2n) is 2.17. The van der Waals surface area contributed by atoms with Crippen LogP contribution in [-0.2, 0) is 0 Å². The first kappa shape index (κ1) is 9.02. The summed E-state index contributed by atoms with van der Waals surface area (Å²) < 4.78 is 17.7. The maximum absolute atomic E-state index is 12.9. The van der Waals surface area contributed by atoms with Crippen LogP contribution in [-0.4, -0.2) is 6.61 Å². The molecule has 1 aromatic carbocycles. The number of halogens is 1. The van der Waals surface area contributed by atoms with Crippen molar-refractivity contribution in [1.82, 2.24) is 0 Å². The number of hydrogen-bond acceptors (Lipinski definition) is 3. The standard InChI is InChI=1S/C9H5FN2O/c10-8-2-1-3-9(7(8)6-12)13-5-4-11/h1-3H,5H2. The molecular formula is C9H5FN2O. The highest BCUT2D eigenvalue weighted by molar-refractivity contribution is 5.43. The van der Waals surface area contributed by atoms with Gasteiger partial charge < -0.3 is 4.74 Å². The number of benzene rings is 1. The van der Waals surface area contributed by atoms with E-state index in [4.69, 9.17) is 15.3 Å². The summed E-state index contributed by atoms with van der Waals surface area (Å²) in [7, 11) is 0. The van der Waals surface area contributed by atoms with Crippen molar-refractivity contribution in [1.29, 1.82) is 10.5 Å². The van der Waals surface area contributed by atoms with Gasteiger partial charge in [0.2, 0.25) is 0 Å². The van der Waals surface area contributed by atoms with Gasteiger partial charge in [-0.25, -0.2) is 4.39 Å². The van der Waals surface area contributed by atoms with Crippen LogP contribution in [0.3, 0.4) is 0 Å². The summed E-state index contributed by atoms with van der Waals surface area (Å²) in [6.45, 7) is -0.196. The summed E-state index contributed by atoms with van der Waals surface area (Å²) >= 11 is 0. The van der Waals surface area contributed by atoms with Crippen LogP contribution < -0.4 is 4.74 Å². The minimum absolute atomic E-state index is 0.101. The van der Waals surface area contributed by atoms with E-state index in [2.05, 4.69) is 0 Å². The lowest BCUT2D eigenvalue weighted by Crippen LogP contribution is -1.97. The summed E-state index contributed by atoms with van der Waals surface area (Å²) in [5.41, 5.74) is -0.169. The van der Waals surface area contributed by atoms with Crippen molar-refractivity contribution in [3.8, 4) is 17.9 Å². The van der Waals surface area contributed by atoms with Crippen molar-refractivity contribution < 1.29 is 9.13 Å². The fourth-order valence-electron chi connectivity index (χ4n) is 0.843. The van der Waals surface area contributed by atoms with E-state index in [0.717, 1.165) is 6.07 Å². The van der Waals surface area contributed by atoms with Crippen LogP contribution in [0, 0.1) is 28.5 Å². The zero-order valence-corrected chi connectivity index (χ0v) is 6.62. The smallest absolute Gasteiger partial charge is 0.174 e. The molecule has 1 rings (SSSR count). The van der Waals surface area contributed by atoms with Crippen LogP contribution in [0.5, 0.6) is 5.75 Å². The summed E-state index contributed by atoms with van der Waals surface area (Å²) in [5, 5.41) is 16.8. The molecule has 0 atom stereocenters. The average molecular weight is 176 g/mol. The molecule has 0 fully saturated rings. The Balaban J connectivity index is 3.02. The first-order valence-corrected chi connectivity index (χ1v) is 3.48. The fraction of sp³-hybridized carbons (Fsp3) is 0.111. The zero-order valence-electron chi connectivity index (χ0n) is 6.62. The molecule has 4 heteroatoms. The van der Waals surface area contributed by atoms with Gasteiger partial charge in [0.1, 0.15) is 29.3 Å². The Morgan fingerprint density at radius 3 is 2.77 bits per heavy atom. The van der Waals surface area contributed by atoms with Gasteiger partial charge in [0.05, 0.1) is 0 Å². The quantitative estimate of drug-likeness (QED) is 0.687. The highest BCUT2D eigenvalue weighted by Crippen LogP contribution is 2.19. The first-order valence-electron chi connectivity index (χ1n) is 3.48. The minimum atomic E-state index is -0.641. The molecule has 0 radical (unpaired) electrons. The lowest BCUT2D eigenvalue weighted by atomic mass is 10.2. The molecule has 0 aromatic heterocycles. The van der Waals surface area contributed by atoms with Gasteiger partial charge in [-0.15, -0.1) is 0 Å². The van der Waals surface area contributed by atoms with E-state index >= 15 is 0 Å². The van der Waals surface area contributed by atoms with Crippen molar-refractivity contribution in [2.24, 2.45) is 0 Å². The van der Waals surface area contributed by atoms with Crippen LogP contribution in [0.15, 0.2) is 18.2 Å². The fourth-order valence-corrected chi connectivity index (χ4v) is 0.843. The SMILES string of the molecule is N#CCOc1cccc(F)c1C#N. The van der Waals surface area contributed by atoms with E-state index in [9.17, 15) is 4.39 Å². The first-order chi connectivity index (χ1) is 6.29. The largest absolute Gasteiger partial charge is 0.477 e. The molecule has 0 saturated carbocycles. The van der Waals surface area contributed by atoms with Crippen molar-refractivity contribution in [3.63, 3.8) is 0 Å². The Morgan fingerprint density at radius 1 is 1.38 bits per heavy atom. The highest BCUT2D eigenvalue weighted by Gasteiger charge is 2.07. The number of hydrogen-bond donors (Lipinski definition) is 0. The Labute approximate surface area is 74.6 Å². The molecule has 1 aromatic rings. The number of rotatable bonds is 2. The van der Waals surface area contributed by atoms with Crippen LogP contribution in [0.4, 0.5) is 4.39 Å². The Bertz CT molecular complexity index is 390. The van der Waals surface area contributed by atoms with E-state index in [-0.39, 0.29) is 17.9 Å². The van der Waals surface area contributed by atoms with Gasteiger partial charge in [-0.2, -0.15) is 10.5 Å². The predicted octanol–water partition coefficient (Wildman–Crippen LogP) is 1.60. The van der Waals surface area contributed by atoms with Crippen LogP contribution in [0.25, 0.3) is 0 Å². The van der Waals surface area contributed by atoms with Crippen molar-refractivity contribution in [2.75, 3.05) is 6.61 Å². The predicted molar refractivity (Wildman–Crippen MR) is 42.2 cm³/mol. The van der Waals surface area contributed by atoms with Gasteiger partial charge in [-0.1, -0.05) is 6.07 Å². The lowest BCUT2D eigenvalue weighted by molar-refractivity contribution is 0.364. The monoisotopic (exact) mass is 176 g/mol. The van der Waals surface area contributed by atoms with Gasteiger partial charge >= 0.3 is 0 Å². The highest BCUT2D eigenvalue weighted by atomic mass is 19.1. The third-order valence-corrected chi connectivity index (χ3v) is 1.38. The molecule has 0 spiro atoms. The molecule has 0 unspecified atom stereocenters. The van der Waals surface area contributed by atoms with E-state index in [0.29, 0.717) is 0 Å². The molecule has 0 heterocycles. The Morgan fingerprint density at radius 2 is 2.15 bits per heavy atom. The van der Waals surface area contributed by atoms with E-state index < -0.39 is 5.82 Å². The Kier molecular flexibility index (Phi) is 2.83. The van der Waals surface area contributed by atoms with Gasteiger partial charge in [0.25, 0.3) is 0 Å². The van der Waals surface area contributed by atoms with Crippen molar-refractivity contribution >= 4 is 0 Å². The second-order valence-corrected chi connectivity index (χ2v) is 2.17. The summed E-state index contributed by atoms with van der Waals surface area (Å²) in [6, 6.07) is 7.42. The molecule has 13 heavy (non-hydrogen) atoms. The summed E-state index contributed by atoms with van der Waals surface area (Å²) in [4.78, 5) is 0. The van der Waals surface area contributed by atoms with Crippen molar-refractivity contribution in [3.05, 3.63) is 29.6 Å². The van der Waals surface area contributed by atoms with E-state index in [1.807, 2.05) is 0 Å². The molecular weight excluding hydrogens is 171 g/mol. The molecule has 0 aliphatic rings. The van der Waals surface area contributed by atoms with Gasteiger partial charge in [0.15, 0.2) is 6.61 Å². The molecule has 64 valence electrons. The topological polar surface area (TPSA) is 56.8 Å². The Hall–Kier alpha value is -2.07. The van der Waals surface area contributed by atoms with Gasteiger partial charge in [0, 0.05) is 0 Å². The maximum atomic E-state index is 12.9. The number of nitriles is 2. The van der Waals surface area contributed by atoms with Crippen LogP contribution in [0.2, 0.25) is 0 Å². The molecule has 0 aliphatic heterocycles. The summed E-state index contributed by atoms with van der Waals surface area (Å²) in [6.07, 6.45) is 0. The van der Waals surface area contributed by atoms with Crippen LogP contribution >= 0.6 is 0 Å². The van der Waals surface area contributed by atoms with Crippen molar-refractivity contribution in [2.45, 2.75) is 0 Å². The van der Waals surface area contributed by atoms with Gasteiger partial charge in [-0.3, -0.25) is 0 Å². The summed E-state index contributed by atoms with van der Waals surface area (Å²) in [5.74, 6) is -0.540. The van der Waals surface area contributed by atoms with E-state index in [1.54, 1.807) is 12.1 Å².